The molecule has 1 aromatic carbocycles. The van der Waals surface area contributed by atoms with Crippen LogP contribution >= 0.6 is 11.3 Å². The molecule has 2 aromatic heterocycles. The minimum Gasteiger partial charge on any atom is -0.462 e. The summed E-state index contributed by atoms with van der Waals surface area (Å²) in [7, 11) is 0. The van der Waals surface area contributed by atoms with Gasteiger partial charge in [0, 0.05) is 24.4 Å². The molecular formula is C18H18N2O3S. The quantitative estimate of drug-likeness (QED) is 0.691. The molecule has 3 rings (SSSR count). The zero-order valence-electron chi connectivity index (χ0n) is 13.0. The fraction of sp³-hybridized carbons (Fsp3) is 0.222. The second kappa shape index (κ2) is 7.90. The number of nitrogens with one attached hydrogen (secondary N) is 1. The molecule has 24 heavy (non-hydrogen) atoms. The molecule has 5 nitrogen and oxygen atoms in total. The van der Waals surface area contributed by atoms with Gasteiger partial charge < -0.3 is 14.8 Å². The number of thiazole rings is 1. The van der Waals surface area contributed by atoms with Crippen LogP contribution in [0.25, 0.3) is 10.8 Å². The third kappa shape index (κ3) is 3.90. The summed E-state index contributed by atoms with van der Waals surface area (Å²) in [5, 5.41) is 14.6. The van der Waals surface area contributed by atoms with Gasteiger partial charge in [-0.25, -0.2) is 4.98 Å². The number of hydrogen-bond acceptors (Lipinski definition) is 5. The Balaban J connectivity index is 1.64. The normalized spacial score (nSPS) is 12.0. The molecule has 0 aliphatic carbocycles. The second-order valence-corrected chi connectivity index (χ2v) is 6.20. The van der Waals surface area contributed by atoms with Crippen LogP contribution in [0.5, 0.6) is 0 Å². The van der Waals surface area contributed by atoms with Crippen molar-refractivity contribution >= 4 is 17.2 Å². The monoisotopic (exact) mass is 342 g/mol. The first-order valence-corrected chi connectivity index (χ1v) is 8.59. The Bertz CT molecular complexity index is 769. The zero-order chi connectivity index (χ0) is 16.8. The van der Waals surface area contributed by atoms with Gasteiger partial charge in [0.25, 0.3) is 5.91 Å². The topological polar surface area (TPSA) is 75.4 Å². The maximum Gasteiger partial charge on any atom is 0.270 e. The maximum atomic E-state index is 12.3. The van der Waals surface area contributed by atoms with E-state index in [1.807, 2.05) is 36.4 Å². The molecular weight excluding hydrogens is 324 g/mol. The molecule has 0 spiro atoms. The van der Waals surface area contributed by atoms with Gasteiger partial charge in [-0.15, -0.1) is 11.3 Å². The molecule has 0 bridgehead atoms. The van der Waals surface area contributed by atoms with Gasteiger partial charge in [0.2, 0.25) is 0 Å². The molecule has 0 aliphatic heterocycles. The number of aliphatic hydroxyl groups excluding tert-OH is 1. The molecule has 6 heteroatoms. The number of amides is 1. The zero-order valence-corrected chi connectivity index (χ0v) is 13.8. The number of rotatable bonds is 7. The van der Waals surface area contributed by atoms with Crippen LogP contribution in [0, 0.1) is 0 Å². The Morgan fingerprint density at radius 1 is 1.25 bits per heavy atom. The van der Waals surface area contributed by atoms with E-state index < -0.39 is 0 Å². The number of aliphatic hydroxyl groups is 1. The Labute approximate surface area is 144 Å². The minimum atomic E-state index is -0.220. The number of hydrogen-bond donors (Lipinski definition) is 2. The summed E-state index contributed by atoms with van der Waals surface area (Å²) in [4.78, 5) is 16.6. The molecule has 3 aromatic rings. The highest BCUT2D eigenvalue weighted by Gasteiger charge is 2.16. The van der Waals surface area contributed by atoms with E-state index in [4.69, 9.17) is 4.42 Å². The van der Waals surface area contributed by atoms with Crippen LogP contribution in [-0.4, -0.2) is 29.1 Å². The van der Waals surface area contributed by atoms with Crippen molar-refractivity contribution in [3.8, 4) is 10.8 Å². The van der Waals surface area contributed by atoms with Crippen LogP contribution in [0.1, 0.15) is 28.4 Å². The highest BCUT2D eigenvalue weighted by molar-refractivity contribution is 7.13. The highest BCUT2D eigenvalue weighted by Crippen LogP contribution is 2.24. The number of aromatic nitrogens is 1. The summed E-state index contributed by atoms with van der Waals surface area (Å²) in [6.07, 6.45) is 2.18. The number of furan rings is 1. The fourth-order valence-electron chi connectivity index (χ4n) is 2.47. The van der Waals surface area contributed by atoms with Gasteiger partial charge in [-0.2, -0.15) is 0 Å². The summed E-state index contributed by atoms with van der Waals surface area (Å²) in [5.74, 6) is 0.507. The Kier molecular flexibility index (Phi) is 5.40. The lowest BCUT2D eigenvalue weighted by Gasteiger charge is -2.16. The molecule has 0 fully saturated rings. The van der Waals surface area contributed by atoms with Crippen molar-refractivity contribution in [2.24, 2.45) is 0 Å². The summed E-state index contributed by atoms with van der Waals surface area (Å²) >= 11 is 1.37. The van der Waals surface area contributed by atoms with E-state index in [0.717, 1.165) is 5.56 Å². The molecule has 2 N–H and O–H groups in total. The third-order valence-electron chi connectivity index (χ3n) is 3.73. The number of benzene rings is 1. The summed E-state index contributed by atoms with van der Waals surface area (Å²) in [6, 6.07) is 13.5. The van der Waals surface area contributed by atoms with Crippen LogP contribution in [0.15, 0.2) is 58.5 Å². The first-order chi connectivity index (χ1) is 11.8. The summed E-state index contributed by atoms with van der Waals surface area (Å²) in [6.45, 7) is 0.534. The van der Waals surface area contributed by atoms with Crippen molar-refractivity contribution in [2.45, 2.75) is 12.3 Å². The van der Waals surface area contributed by atoms with Gasteiger partial charge in [0.1, 0.15) is 5.69 Å². The van der Waals surface area contributed by atoms with Crippen molar-refractivity contribution in [3.05, 3.63) is 65.4 Å². The first-order valence-electron chi connectivity index (χ1n) is 7.71. The Morgan fingerprint density at radius 2 is 2.08 bits per heavy atom. The van der Waals surface area contributed by atoms with Crippen molar-refractivity contribution in [1.29, 1.82) is 0 Å². The van der Waals surface area contributed by atoms with Gasteiger partial charge in [0.15, 0.2) is 10.8 Å². The summed E-state index contributed by atoms with van der Waals surface area (Å²) < 4.78 is 5.29. The van der Waals surface area contributed by atoms with Gasteiger partial charge in [-0.05, 0) is 24.1 Å². The van der Waals surface area contributed by atoms with Gasteiger partial charge in [0.05, 0.1) is 6.26 Å². The van der Waals surface area contributed by atoms with E-state index in [-0.39, 0.29) is 18.4 Å². The third-order valence-corrected chi connectivity index (χ3v) is 4.58. The van der Waals surface area contributed by atoms with Crippen LogP contribution < -0.4 is 5.32 Å². The molecule has 1 amide bonds. The lowest BCUT2D eigenvalue weighted by Crippen LogP contribution is -2.29. The lowest BCUT2D eigenvalue weighted by molar-refractivity contribution is 0.0945. The SMILES string of the molecule is O=C(NCC(CCO)c1ccccc1)c1csc(-c2ccco2)n1. The molecule has 0 saturated carbocycles. The largest absolute Gasteiger partial charge is 0.462 e. The highest BCUT2D eigenvalue weighted by atomic mass is 32.1. The average Bonchev–Trinajstić information content (AvgIpc) is 3.30. The van der Waals surface area contributed by atoms with Crippen LogP contribution in [0.2, 0.25) is 0 Å². The molecule has 1 atom stereocenters. The van der Waals surface area contributed by atoms with Crippen LogP contribution in [0.3, 0.4) is 0 Å². The van der Waals surface area contributed by atoms with Gasteiger partial charge in [-0.1, -0.05) is 30.3 Å². The Morgan fingerprint density at radius 3 is 2.79 bits per heavy atom. The van der Waals surface area contributed by atoms with E-state index in [1.165, 1.54) is 11.3 Å². The van der Waals surface area contributed by atoms with E-state index in [9.17, 15) is 9.90 Å². The van der Waals surface area contributed by atoms with Crippen molar-refractivity contribution in [1.82, 2.24) is 10.3 Å². The molecule has 2 heterocycles. The Hall–Kier alpha value is -2.44. The minimum absolute atomic E-state index is 0.0725. The van der Waals surface area contributed by atoms with E-state index >= 15 is 0 Å². The molecule has 1 unspecified atom stereocenters. The summed E-state index contributed by atoms with van der Waals surface area (Å²) in [5.41, 5.74) is 1.48. The second-order valence-electron chi connectivity index (χ2n) is 5.35. The van der Waals surface area contributed by atoms with E-state index in [1.54, 1.807) is 17.7 Å². The van der Waals surface area contributed by atoms with Gasteiger partial charge in [-0.3, -0.25) is 4.79 Å². The predicted octanol–water partition coefficient (Wildman–Crippen LogP) is 3.30. The van der Waals surface area contributed by atoms with Crippen molar-refractivity contribution in [2.75, 3.05) is 13.2 Å². The van der Waals surface area contributed by atoms with Crippen LogP contribution in [0.4, 0.5) is 0 Å². The molecule has 124 valence electrons. The van der Waals surface area contributed by atoms with E-state index in [2.05, 4.69) is 10.3 Å². The van der Waals surface area contributed by atoms with Crippen LogP contribution in [-0.2, 0) is 0 Å². The molecule has 0 aliphatic rings. The van der Waals surface area contributed by atoms with Gasteiger partial charge >= 0.3 is 0 Å². The average molecular weight is 342 g/mol. The number of carbonyl (C=O) groups excluding carboxylic acids is 1. The number of carbonyl (C=O) groups is 1. The predicted molar refractivity (Wildman–Crippen MR) is 93.0 cm³/mol. The number of nitrogens with zero attached hydrogens (tertiary/aromatic N) is 1. The molecule has 0 radical (unpaired) electrons. The lowest BCUT2D eigenvalue weighted by atomic mass is 9.96. The molecule has 0 saturated heterocycles. The van der Waals surface area contributed by atoms with Crippen molar-refractivity contribution in [3.63, 3.8) is 0 Å². The van der Waals surface area contributed by atoms with E-state index in [0.29, 0.717) is 29.4 Å². The van der Waals surface area contributed by atoms with Crippen molar-refractivity contribution < 1.29 is 14.3 Å². The fourth-order valence-corrected chi connectivity index (χ4v) is 3.23. The standard InChI is InChI=1S/C18H18N2O3S/c21-9-8-14(13-5-2-1-3-6-13)11-19-17(22)15-12-24-18(20-15)16-7-4-10-23-16/h1-7,10,12,14,21H,8-9,11H2,(H,19,22). The maximum absolute atomic E-state index is 12.3. The smallest absolute Gasteiger partial charge is 0.270 e. The first kappa shape index (κ1) is 16.4.